The summed E-state index contributed by atoms with van der Waals surface area (Å²) >= 11 is 0. The molecule has 27 heavy (non-hydrogen) atoms. The summed E-state index contributed by atoms with van der Waals surface area (Å²) in [7, 11) is -3.70. The number of rotatable bonds is 6. The molecule has 0 saturated carbocycles. The van der Waals surface area contributed by atoms with Crippen molar-refractivity contribution in [2.24, 2.45) is 0 Å². The molecule has 3 aromatic carbocycles. The second-order valence-corrected chi connectivity index (χ2v) is 7.49. The van der Waals surface area contributed by atoms with Crippen LogP contribution in [0.25, 0.3) is 0 Å². The Hall–Kier alpha value is -3.32. The van der Waals surface area contributed by atoms with Crippen LogP contribution in [-0.2, 0) is 14.6 Å². The van der Waals surface area contributed by atoms with E-state index >= 15 is 0 Å². The molecule has 0 bridgehead atoms. The van der Waals surface area contributed by atoms with E-state index < -0.39 is 15.8 Å². The van der Waals surface area contributed by atoms with Gasteiger partial charge >= 0.3 is 5.97 Å². The van der Waals surface area contributed by atoms with E-state index in [1.165, 1.54) is 48.5 Å². The highest BCUT2D eigenvalue weighted by molar-refractivity contribution is 7.91. The summed E-state index contributed by atoms with van der Waals surface area (Å²) in [5.41, 5.74) is 0. The lowest BCUT2D eigenvalue weighted by Gasteiger charge is -2.08. The number of benzene rings is 3. The van der Waals surface area contributed by atoms with Crippen molar-refractivity contribution in [2.45, 2.75) is 9.79 Å². The normalized spacial score (nSPS) is 11.0. The van der Waals surface area contributed by atoms with Crippen molar-refractivity contribution in [3.05, 3.63) is 78.9 Å². The number of carbonyl (C=O) groups excluding carboxylic acids is 1. The molecule has 0 aliphatic heterocycles. The van der Waals surface area contributed by atoms with Gasteiger partial charge in [0.05, 0.1) is 9.79 Å². The number of carbonyl (C=O) groups is 1. The van der Waals surface area contributed by atoms with Gasteiger partial charge in [-0.1, -0.05) is 18.2 Å². The predicted octanol–water partition coefficient (Wildman–Crippen LogP) is 3.21. The van der Waals surface area contributed by atoms with Gasteiger partial charge in [-0.15, -0.1) is 0 Å². The lowest BCUT2D eigenvalue weighted by atomic mass is 10.3. The molecule has 6 nitrogen and oxygen atoms in total. The Balaban J connectivity index is 1.63. The maximum Gasteiger partial charge on any atom is 0.349 e. The molecule has 7 heteroatoms. The Labute approximate surface area is 156 Å². The fraction of sp³-hybridized carbons (Fsp3) is 0.0500. The van der Waals surface area contributed by atoms with Gasteiger partial charge in [0.25, 0.3) is 0 Å². The monoisotopic (exact) mass is 384 g/mol. The van der Waals surface area contributed by atoms with E-state index in [1.54, 1.807) is 24.3 Å². The van der Waals surface area contributed by atoms with Gasteiger partial charge < -0.3 is 14.6 Å². The second kappa shape index (κ2) is 7.92. The number of sulfone groups is 1. The van der Waals surface area contributed by atoms with Crippen LogP contribution < -0.4 is 9.47 Å². The second-order valence-electron chi connectivity index (χ2n) is 5.54. The summed E-state index contributed by atoms with van der Waals surface area (Å²) in [6, 6.07) is 19.6. The summed E-state index contributed by atoms with van der Waals surface area (Å²) in [5, 5.41) is 9.28. The van der Waals surface area contributed by atoms with Crippen LogP contribution in [0, 0.1) is 0 Å². The van der Waals surface area contributed by atoms with Crippen LogP contribution in [-0.4, -0.2) is 26.1 Å². The molecule has 0 atom stereocenters. The SMILES string of the molecule is O=C(COc1ccc(S(=O)(=O)c2ccc(O)cc2)cc1)Oc1ccccc1. The van der Waals surface area contributed by atoms with E-state index in [0.717, 1.165) is 0 Å². The van der Waals surface area contributed by atoms with E-state index in [9.17, 15) is 18.3 Å². The maximum absolute atomic E-state index is 12.5. The molecule has 0 aliphatic rings. The molecular weight excluding hydrogens is 368 g/mol. The first-order chi connectivity index (χ1) is 12.9. The first kappa shape index (κ1) is 18.5. The van der Waals surface area contributed by atoms with E-state index in [1.807, 2.05) is 6.07 Å². The Morgan fingerprint density at radius 3 is 1.93 bits per heavy atom. The molecule has 0 unspecified atom stereocenters. The number of phenols is 1. The van der Waals surface area contributed by atoms with Crippen molar-refractivity contribution in [1.82, 2.24) is 0 Å². The number of phenolic OH excluding ortho intramolecular Hbond substituents is 1. The third-order valence-electron chi connectivity index (χ3n) is 3.61. The molecule has 0 aromatic heterocycles. The topological polar surface area (TPSA) is 89.9 Å². The van der Waals surface area contributed by atoms with Crippen LogP contribution in [0.5, 0.6) is 17.2 Å². The zero-order chi connectivity index (χ0) is 19.3. The minimum atomic E-state index is -3.70. The van der Waals surface area contributed by atoms with Crippen LogP contribution in [0.3, 0.4) is 0 Å². The molecule has 0 aliphatic carbocycles. The van der Waals surface area contributed by atoms with Gasteiger partial charge in [0.1, 0.15) is 17.2 Å². The zero-order valence-corrected chi connectivity index (χ0v) is 14.9. The van der Waals surface area contributed by atoms with Gasteiger partial charge in [-0.05, 0) is 60.7 Å². The number of hydrogen-bond acceptors (Lipinski definition) is 6. The standard InChI is InChI=1S/C20H16O6S/c21-15-6-10-18(11-7-15)27(23,24)19-12-8-16(9-13-19)25-14-20(22)26-17-4-2-1-3-5-17/h1-13,21H,14H2. The van der Waals surface area contributed by atoms with Crippen LogP contribution >= 0.6 is 0 Å². The maximum atomic E-state index is 12.5. The third kappa shape index (κ3) is 4.65. The van der Waals surface area contributed by atoms with Crippen LogP contribution in [0.4, 0.5) is 0 Å². The van der Waals surface area contributed by atoms with Crippen molar-refractivity contribution < 1.29 is 27.8 Å². The zero-order valence-electron chi connectivity index (χ0n) is 14.1. The molecular formula is C20H16O6S. The summed E-state index contributed by atoms with van der Waals surface area (Å²) in [6.45, 7) is -0.307. The average molecular weight is 384 g/mol. The number of ether oxygens (including phenoxy) is 2. The Morgan fingerprint density at radius 1 is 0.778 bits per heavy atom. The molecule has 0 amide bonds. The van der Waals surface area contributed by atoms with Gasteiger partial charge in [-0.3, -0.25) is 0 Å². The van der Waals surface area contributed by atoms with Crippen molar-refractivity contribution >= 4 is 15.8 Å². The smallest absolute Gasteiger partial charge is 0.349 e. The minimum Gasteiger partial charge on any atom is -0.508 e. The van der Waals surface area contributed by atoms with Crippen molar-refractivity contribution in [2.75, 3.05) is 6.61 Å². The largest absolute Gasteiger partial charge is 0.508 e. The molecule has 0 radical (unpaired) electrons. The Morgan fingerprint density at radius 2 is 1.33 bits per heavy atom. The number of aromatic hydroxyl groups is 1. The van der Waals surface area contributed by atoms with Crippen LogP contribution in [0.1, 0.15) is 0 Å². The lowest BCUT2D eigenvalue weighted by molar-refractivity contribution is -0.136. The Bertz CT molecular complexity index is 1010. The van der Waals surface area contributed by atoms with Crippen molar-refractivity contribution in [3.8, 4) is 17.2 Å². The highest BCUT2D eigenvalue weighted by Crippen LogP contribution is 2.24. The number of hydrogen-bond donors (Lipinski definition) is 1. The highest BCUT2D eigenvalue weighted by Gasteiger charge is 2.17. The van der Waals surface area contributed by atoms with Crippen molar-refractivity contribution in [1.29, 1.82) is 0 Å². The molecule has 0 fully saturated rings. The van der Waals surface area contributed by atoms with E-state index in [4.69, 9.17) is 9.47 Å². The van der Waals surface area contributed by atoms with Crippen molar-refractivity contribution in [3.63, 3.8) is 0 Å². The average Bonchev–Trinajstić information content (AvgIpc) is 2.68. The van der Waals surface area contributed by atoms with E-state index in [0.29, 0.717) is 11.5 Å². The summed E-state index contributed by atoms with van der Waals surface area (Å²) in [4.78, 5) is 11.9. The molecule has 1 N–H and O–H groups in total. The summed E-state index contributed by atoms with van der Waals surface area (Å²) < 4.78 is 35.5. The van der Waals surface area contributed by atoms with Gasteiger partial charge in [0, 0.05) is 0 Å². The minimum absolute atomic E-state index is 0.0138. The molecule has 3 aromatic rings. The lowest BCUT2D eigenvalue weighted by Crippen LogP contribution is -2.17. The molecule has 0 saturated heterocycles. The van der Waals surface area contributed by atoms with E-state index in [-0.39, 0.29) is 22.1 Å². The molecule has 138 valence electrons. The van der Waals surface area contributed by atoms with Gasteiger partial charge in [-0.2, -0.15) is 0 Å². The van der Waals surface area contributed by atoms with Gasteiger partial charge in [-0.25, -0.2) is 13.2 Å². The highest BCUT2D eigenvalue weighted by atomic mass is 32.2. The van der Waals surface area contributed by atoms with Gasteiger partial charge in [0.2, 0.25) is 9.84 Å². The molecule has 3 rings (SSSR count). The fourth-order valence-electron chi connectivity index (χ4n) is 2.27. The first-order valence-corrected chi connectivity index (χ1v) is 9.46. The van der Waals surface area contributed by atoms with Crippen LogP contribution in [0.15, 0.2) is 88.7 Å². The molecule has 0 heterocycles. The van der Waals surface area contributed by atoms with Crippen LogP contribution in [0.2, 0.25) is 0 Å². The first-order valence-electron chi connectivity index (χ1n) is 7.98. The van der Waals surface area contributed by atoms with E-state index in [2.05, 4.69) is 0 Å². The fourth-order valence-corrected chi connectivity index (χ4v) is 3.53. The summed E-state index contributed by atoms with van der Waals surface area (Å²) in [6.07, 6.45) is 0. The molecule has 0 spiro atoms. The number of esters is 1. The predicted molar refractivity (Wildman–Crippen MR) is 97.6 cm³/mol. The third-order valence-corrected chi connectivity index (χ3v) is 5.40. The Kier molecular flexibility index (Phi) is 5.42. The number of para-hydroxylation sites is 1. The quantitative estimate of drug-likeness (QED) is 0.518. The van der Waals surface area contributed by atoms with Gasteiger partial charge in [0.15, 0.2) is 6.61 Å². The summed E-state index contributed by atoms with van der Waals surface area (Å²) in [5.74, 6) is 0.174.